The predicted octanol–water partition coefficient (Wildman–Crippen LogP) is 2.26. The zero-order valence-electron chi connectivity index (χ0n) is 10.2. The molecule has 1 aromatic carbocycles. The molecule has 1 aliphatic heterocycles. The van der Waals surface area contributed by atoms with Crippen molar-refractivity contribution in [3.8, 4) is 0 Å². The minimum Gasteiger partial charge on any atom is -0.299 e. The Morgan fingerprint density at radius 1 is 1.29 bits per heavy atom. The smallest absolute Gasteiger partial charge is 0.0523 e. The lowest BCUT2D eigenvalue weighted by Crippen LogP contribution is -2.41. The van der Waals surface area contributed by atoms with E-state index in [-0.39, 0.29) is 0 Å². The lowest BCUT2D eigenvalue weighted by Gasteiger charge is -2.34. The van der Waals surface area contributed by atoms with Gasteiger partial charge in [0.05, 0.1) is 11.3 Å². The average molecular weight is 233 g/mol. The van der Waals surface area contributed by atoms with Crippen molar-refractivity contribution in [1.29, 1.82) is 0 Å². The van der Waals surface area contributed by atoms with Gasteiger partial charge < -0.3 is 0 Å². The number of nitrogens with zero attached hydrogens (tertiary/aromatic N) is 3. The first-order valence-electron chi connectivity index (χ1n) is 6.12. The third-order valence-corrected chi connectivity index (χ3v) is 3.46. The Kier molecular flexibility index (Phi) is 4.09. The van der Waals surface area contributed by atoms with Gasteiger partial charge in [-0.15, -0.1) is 4.91 Å². The summed E-state index contributed by atoms with van der Waals surface area (Å²) in [4.78, 5) is 12.9. The van der Waals surface area contributed by atoms with Crippen LogP contribution in [0, 0.1) is 4.91 Å². The topological polar surface area (TPSA) is 35.9 Å². The van der Waals surface area contributed by atoms with Crippen LogP contribution >= 0.6 is 0 Å². The highest BCUT2D eigenvalue weighted by Crippen LogP contribution is 2.17. The van der Waals surface area contributed by atoms with Gasteiger partial charge in [0.25, 0.3) is 0 Å². The normalized spacial score (nSPS) is 17.9. The summed E-state index contributed by atoms with van der Waals surface area (Å²) in [6.45, 7) is 3.09. The summed E-state index contributed by atoms with van der Waals surface area (Å²) >= 11 is 0. The fourth-order valence-corrected chi connectivity index (χ4v) is 2.36. The van der Waals surface area contributed by atoms with E-state index in [1.807, 2.05) is 6.07 Å². The monoisotopic (exact) mass is 233 g/mol. The van der Waals surface area contributed by atoms with E-state index in [4.69, 9.17) is 0 Å². The summed E-state index contributed by atoms with van der Waals surface area (Å²) in [6, 6.07) is 10.8. The molecule has 2 rings (SSSR count). The summed E-state index contributed by atoms with van der Waals surface area (Å²) in [5.41, 5.74) is 1.35. The second kappa shape index (κ2) is 5.77. The zero-order chi connectivity index (χ0) is 12.1. The van der Waals surface area contributed by atoms with Crippen LogP contribution in [0.1, 0.15) is 18.4 Å². The Hall–Kier alpha value is -1.42. The second-order valence-electron chi connectivity index (χ2n) is 4.65. The number of benzene rings is 1. The molecular weight excluding hydrogens is 214 g/mol. The first-order chi connectivity index (χ1) is 8.29. The molecule has 17 heavy (non-hydrogen) atoms. The van der Waals surface area contributed by atoms with E-state index in [0.717, 1.165) is 32.5 Å². The number of likely N-dealkylation sites (tertiary alicyclic amines) is 1. The number of hydrogen-bond acceptors (Lipinski definition) is 3. The summed E-state index contributed by atoms with van der Waals surface area (Å²) in [6.07, 6.45) is 2.05. The van der Waals surface area contributed by atoms with E-state index in [9.17, 15) is 4.91 Å². The lowest BCUT2D eigenvalue weighted by molar-refractivity contribution is 0.125. The van der Waals surface area contributed by atoms with Gasteiger partial charge in [0.2, 0.25) is 0 Å². The molecule has 0 unspecified atom stereocenters. The Bertz CT molecular complexity index is 347. The fourth-order valence-electron chi connectivity index (χ4n) is 2.36. The van der Waals surface area contributed by atoms with Crippen molar-refractivity contribution in [3.63, 3.8) is 0 Å². The van der Waals surface area contributed by atoms with E-state index in [1.165, 1.54) is 5.56 Å². The molecule has 0 aliphatic carbocycles. The largest absolute Gasteiger partial charge is 0.299 e. The Morgan fingerprint density at radius 2 is 1.94 bits per heavy atom. The number of nitroso groups, excluding NO2 is 1. The quantitative estimate of drug-likeness (QED) is 0.591. The number of hydrogen-bond donors (Lipinski definition) is 0. The molecule has 92 valence electrons. The van der Waals surface area contributed by atoms with Crippen LogP contribution in [0.3, 0.4) is 0 Å². The third kappa shape index (κ3) is 3.27. The minimum atomic E-state index is 0.319. The first kappa shape index (κ1) is 12.0. The van der Waals surface area contributed by atoms with Crippen LogP contribution in [0.25, 0.3) is 0 Å². The summed E-state index contributed by atoms with van der Waals surface area (Å²) in [7, 11) is 1.77. The molecule has 1 fully saturated rings. The molecule has 0 N–H and O–H groups in total. The van der Waals surface area contributed by atoms with Crippen molar-refractivity contribution < 1.29 is 0 Å². The zero-order valence-corrected chi connectivity index (χ0v) is 10.2. The Morgan fingerprint density at radius 3 is 2.53 bits per heavy atom. The van der Waals surface area contributed by atoms with Gasteiger partial charge in [-0.25, -0.2) is 0 Å². The molecule has 0 saturated carbocycles. The van der Waals surface area contributed by atoms with Crippen molar-refractivity contribution >= 4 is 0 Å². The summed E-state index contributed by atoms with van der Waals surface area (Å²) in [5.74, 6) is 0. The average Bonchev–Trinajstić information content (AvgIpc) is 2.40. The lowest BCUT2D eigenvalue weighted by atomic mass is 10.0. The molecule has 1 saturated heterocycles. The molecule has 0 bridgehead atoms. The van der Waals surface area contributed by atoms with Crippen molar-refractivity contribution in [2.24, 2.45) is 5.29 Å². The van der Waals surface area contributed by atoms with Gasteiger partial charge in [0.15, 0.2) is 0 Å². The molecule has 0 atom stereocenters. The summed E-state index contributed by atoms with van der Waals surface area (Å²) in [5, 5.41) is 4.54. The van der Waals surface area contributed by atoms with Crippen LogP contribution < -0.4 is 0 Å². The SMILES string of the molecule is CN(N=O)C1CCN(Cc2ccccc2)CC1. The molecule has 1 aromatic rings. The van der Waals surface area contributed by atoms with E-state index in [0.29, 0.717) is 6.04 Å². The van der Waals surface area contributed by atoms with Crippen LogP contribution in [0.2, 0.25) is 0 Å². The van der Waals surface area contributed by atoms with Gasteiger partial charge in [0.1, 0.15) is 0 Å². The van der Waals surface area contributed by atoms with Gasteiger partial charge in [-0.05, 0) is 18.4 Å². The molecule has 4 heteroatoms. The number of piperidine rings is 1. The maximum Gasteiger partial charge on any atom is 0.0523 e. The van der Waals surface area contributed by atoms with Crippen molar-refractivity contribution in [2.75, 3.05) is 20.1 Å². The molecule has 0 aromatic heterocycles. The predicted molar refractivity (Wildman–Crippen MR) is 68.3 cm³/mol. The van der Waals surface area contributed by atoms with Crippen LogP contribution in [0.15, 0.2) is 35.6 Å². The molecule has 0 radical (unpaired) electrons. The van der Waals surface area contributed by atoms with E-state index < -0.39 is 0 Å². The highest BCUT2D eigenvalue weighted by Gasteiger charge is 2.22. The van der Waals surface area contributed by atoms with E-state index in [2.05, 4.69) is 34.5 Å². The van der Waals surface area contributed by atoms with Crippen LogP contribution in [-0.4, -0.2) is 36.1 Å². The molecule has 0 amide bonds. The second-order valence-corrected chi connectivity index (χ2v) is 4.65. The Balaban J connectivity index is 1.81. The van der Waals surface area contributed by atoms with Crippen LogP contribution in [0.4, 0.5) is 0 Å². The minimum absolute atomic E-state index is 0.319. The van der Waals surface area contributed by atoms with Gasteiger partial charge in [-0.2, -0.15) is 0 Å². The molecule has 1 heterocycles. The summed E-state index contributed by atoms with van der Waals surface area (Å²) < 4.78 is 0. The standard InChI is InChI=1S/C13H19N3O/c1-15(14-17)13-7-9-16(10-8-13)11-12-5-3-2-4-6-12/h2-6,13H,7-11H2,1H3. The molecule has 1 aliphatic rings. The fraction of sp³-hybridized carbons (Fsp3) is 0.538. The van der Waals surface area contributed by atoms with E-state index >= 15 is 0 Å². The van der Waals surface area contributed by atoms with Crippen LogP contribution in [-0.2, 0) is 6.54 Å². The van der Waals surface area contributed by atoms with Gasteiger partial charge in [-0.1, -0.05) is 30.3 Å². The number of rotatable bonds is 4. The van der Waals surface area contributed by atoms with Crippen molar-refractivity contribution in [2.45, 2.75) is 25.4 Å². The molecular formula is C13H19N3O. The van der Waals surface area contributed by atoms with Gasteiger partial charge in [-0.3, -0.25) is 9.91 Å². The Labute approximate surface area is 102 Å². The van der Waals surface area contributed by atoms with Crippen molar-refractivity contribution in [3.05, 3.63) is 40.8 Å². The maximum atomic E-state index is 10.4. The van der Waals surface area contributed by atoms with E-state index in [1.54, 1.807) is 12.1 Å². The first-order valence-corrected chi connectivity index (χ1v) is 6.12. The van der Waals surface area contributed by atoms with Gasteiger partial charge >= 0.3 is 0 Å². The molecule has 0 spiro atoms. The highest BCUT2D eigenvalue weighted by molar-refractivity contribution is 5.14. The van der Waals surface area contributed by atoms with Crippen LogP contribution in [0.5, 0.6) is 0 Å². The van der Waals surface area contributed by atoms with Gasteiger partial charge in [0, 0.05) is 26.7 Å². The third-order valence-electron chi connectivity index (χ3n) is 3.46. The highest BCUT2D eigenvalue weighted by atomic mass is 16.3. The maximum absolute atomic E-state index is 10.4. The molecule has 4 nitrogen and oxygen atoms in total. The van der Waals surface area contributed by atoms with Crippen molar-refractivity contribution in [1.82, 2.24) is 9.91 Å².